The topological polar surface area (TPSA) is 50.7 Å². The summed E-state index contributed by atoms with van der Waals surface area (Å²) in [7, 11) is 1.40. The molecule has 0 bridgehead atoms. The predicted molar refractivity (Wildman–Crippen MR) is 82.9 cm³/mol. The fourth-order valence-electron chi connectivity index (χ4n) is 1.98. The van der Waals surface area contributed by atoms with Crippen LogP contribution in [0.3, 0.4) is 0 Å². The number of aliphatic imine (C=N–C) groups is 1. The van der Waals surface area contributed by atoms with Crippen molar-refractivity contribution in [2.75, 3.05) is 12.9 Å². The van der Waals surface area contributed by atoms with Crippen LogP contribution in [0.4, 0.5) is 0 Å². The fourth-order valence-corrected chi connectivity index (χ4v) is 3.17. The van der Waals surface area contributed by atoms with Crippen LogP contribution in [0.5, 0.6) is 0 Å². The van der Waals surface area contributed by atoms with Crippen LogP contribution in [0.1, 0.15) is 25.5 Å². The van der Waals surface area contributed by atoms with Crippen LogP contribution in [-0.2, 0) is 9.53 Å². The Morgan fingerprint density at radius 2 is 2.10 bits per heavy atom. The largest absolute Gasteiger partial charge is 0.467 e. The van der Waals surface area contributed by atoms with Crippen molar-refractivity contribution in [2.45, 2.75) is 25.9 Å². The summed E-state index contributed by atoms with van der Waals surface area (Å²) >= 11 is 1.66. The molecule has 0 aromatic heterocycles. The van der Waals surface area contributed by atoms with Crippen molar-refractivity contribution in [3.8, 4) is 0 Å². The van der Waals surface area contributed by atoms with Gasteiger partial charge in [-0.2, -0.15) is 0 Å². The molecule has 0 aliphatic carbocycles. The molecule has 20 heavy (non-hydrogen) atoms. The average Bonchev–Trinajstić information content (AvgIpc) is 2.94. The van der Waals surface area contributed by atoms with Crippen molar-refractivity contribution in [1.82, 2.24) is 5.32 Å². The van der Waals surface area contributed by atoms with Gasteiger partial charge in [-0.1, -0.05) is 55.9 Å². The number of nitrogens with zero attached hydrogens (tertiary/aromatic N) is 1. The molecule has 1 N–H and O–H groups in total. The standard InChI is InChI=1S/C15H20N2O2S/c1-10(2)12-9-20-15(16-12)17-13(14(18)19-3)11-7-5-4-6-8-11/h4-8,10,12-13H,9H2,1-3H3,(H,16,17). The van der Waals surface area contributed by atoms with Crippen molar-refractivity contribution >= 4 is 22.9 Å². The van der Waals surface area contributed by atoms with E-state index in [0.29, 0.717) is 12.0 Å². The van der Waals surface area contributed by atoms with Crippen LogP contribution in [0.2, 0.25) is 0 Å². The highest BCUT2D eigenvalue weighted by molar-refractivity contribution is 8.14. The Kier molecular flexibility index (Phi) is 5.06. The maximum atomic E-state index is 12.0. The van der Waals surface area contributed by atoms with Gasteiger partial charge in [0.05, 0.1) is 13.2 Å². The molecule has 0 amide bonds. The minimum Gasteiger partial charge on any atom is -0.467 e. The molecule has 4 nitrogen and oxygen atoms in total. The first-order valence-electron chi connectivity index (χ1n) is 6.71. The van der Waals surface area contributed by atoms with Gasteiger partial charge in [-0.3, -0.25) is 4.99 Å². The van der Waals surface area contributed by atoms with Crippen molar-refractivity contribution in [3.63, 3.8) is 0 Å². The van der Waals surface area contributed by atoms with Crippen molar-refractivity contribution in [1.29, 1.82) is 0 Å². The first-order valence-corrected chi connectivity index (χ1v) is 7.70. The molecule has 108 valence electrons. The smallest absolute Gasteiger partial charge is 0.333 e. The number of hydrogen-bond donors (Lipinski definition) is 1. The minimum atomic E-state index is -0.502. The monoisotopic (exact) mass is 292 g/mol. The lowest BCUT2D eigenvalue weighted by molar-refractivity contribution is -0.142. The average molecular weight is 292 g/mol. The zero-order chi connectivity index (χ0) is 14.5. The zero-order valence-electron chi connectivity index (χ0n) is 12.0. The maximum absolute atomic E-state index is 12.0. The van der Waals surface area contributed by atoms with Gasteiger partial charge in [-0.15, -0.1) is 0 Å². The molecular formula is C15H20N2O2S. The van der Waals surface area contributed by atoms with E-state index in [1.807, 2.05) is 30.3 Å². The highest BCUT2D eigenvalue weighted by atomic mass is 32.2. The Bertz CT molecular complexity index is 488. The molecule has 0 saturated heterocycles. The summed E-state index contributed by atoms with van der Waals surface area (Å²) in [5.41, 5.74) is 0.885. The molecule has 2 atom stereocenters. The van der Waals surface area contributed by atoms with Crippen LogP contribution in [-0.4, -0.2) is 30.0 Å². The van der Waals surface area contributed by atoms with Gasteiger partial charge < -0.3 is 10.1 Å². The highest BCUT2D eigenvalue weighted by Gasteiger charge is 2.27. The molecule has 0 spiro atoms. The van der Waals surface area contributed by atoms with E-state index in [1.165, 1.54) is 7.11 Å². The van der Waals surface area contributed by atoms with Gasteiger partial charge in [0.1, 0.15) is 0 Å². The molecule has 1 aliphatic rings. The number of amidine groups is 1. The van der Waals surface area contributed by atoms with E-state index in [-0.39, 0.29) is 5.97 Å². The molecule has 1 aromatic rings. The summed E-state index contributed by atoms with van der Waals surface area (Å²) in [6.07, 6.45) is 0. The second kappa shape index (κ2) is 6.79. The van der Waals surface area contributed by atoms with Crippen LogP contribution in [0, 0.1) is 5.92 Å². The number of ether oxygens (including phenoxy) is 1. The summed E-state index contributed by atoms with van der Waals surface area (Å²) in [6.45, 7) is 4.32. The number of methoxy groups -OCH3 is 1. The number of esters is 1. The van der Waals surface area contributed by atoms with Gasteiger partial charge in [0.15, 0.2) is 11.2 Å². The number of carbonyl (C=O) groups excluding carboxylic acids is 1. The SMILES string of the molecule is COC(=O)C(NC1=NC(C(C)C)CS1)c1ccccc1. The lowest BCUT2D eigenvalue weighted by Crippen LogP contribution is -2.32. The Morgan fingerprint density at radius 1 is 1.40 bits per heavy atom. The van der Waals surface area contributed by atoms with Crippen LogP contribution in [0.25, 0.3) is 0 Å². The maximum Gasteiger partial charge on any atom is 0.333 e. The third-order valence-electron chi connectivity index (χ3n) is 3.28. The fraction of sp³-hybridized carbons (Fsp3) is 0.467. The molecule has 5 heteroatoms. The molecular weight excluding hydrogens is 272 g/mol. The van der Waals surface area contributed by atoms with E-state index in [9.17, 15) is 4.79 Å². The van der Waals surface area contributed by atoms with E-state index in [0.717, 1.165) is 16.5 Å². The molecule has 1 heterocycles. The molecule has 1 aliphatic heterocycles. The van der Waals surface area contributed by atoms with Crippen molar-refractivity contribution in [3.05, 3.63) is 35.9 Å². The minimum absolute atomic E-state index is 0.299. The summed E-state index contributed by atoms with van der Waals surface area (Å²) in [6, 6.07) is 9.38. The van der Waals surface area contributed by atoms with E-state index in [2.05, 4.69) is 24.2 Å². The predicted octanol–water partition coefficient (Wildman–Crippen LogP) is 2.62. The number of benzene rings is 1. The summed E-state index contributed by atoms with van der Waals surface area (Å²) in [5, 5.41) is 4.03. The molecule has 0 saturated carbocycles. The Hall–Kier alpha value is -1.49. The Morgan fingerprint density at radius 3 is 2.65 bits per heavy atom. The second-order valence-corrected chi connectivity index (χ2v) is 6.08. The van der Waals surface area contributed by atoms with E-state index < -0.39 is 6.04 Å². The highest BCUT2D eigenvalue weighted by Crippen LogP contribution is 2.24. The molecule has 0 radical (unpaired) electrons. The number of carbonyl (C=O) groups is 1. The van der Waals surface area contributed by atoms with Crippen molar-refractivity contribution < 1.29 is 9.53 Å². The van der Waals surface area contributed by atoms with Gasteiger partial charge in [0.25, 0.3) is 0 Å². The first-order chi connectivity index (χ1) is 9.61. The zero-order valence-corrected chi connectivity index (χ0v) is 12.8. The van der Waals surface area contributed by atoms with Crippen molar-refractivity contribution in [2.24, 2.45) is 10.9 Å². The normalized spacial score (nSPS) is 19.6. The number of nitrogens with one attached hydrogen (secondary N) is 1. The molecule has 0 fully saturated rings. The third-order valence-corrected chi connectivity index (χ3v) is 4.29. The van der Waals surface area contributed by atoms with Gasteiger partial charge in [0, 0.05) is 5.75 Å². The quantitative estimate of drug-likeness (QED) is 0.867. The third kappa shape index (κ3) is 3.54. The lowest BCUT2D eigenvalue weighted by Gasteiger charge is -2.17. The first kappa shape index (κ1) is 14.9. The molecule has 1 aromatic carbocycles. The van der Waals surface area contributed by atoms with Crippen LogP contribution >= 0.6 is 11.8 Å². The second-order valence-electron chi connectivity index (χ2n) is 5.07. The number of hydrogen-bond acceptors (Lipinski definition) is 5. The molecule has 2 unspecified atom stereocenters. The van der Waals surface area contributed by atoms with Gasteiger partial charge in [-0.05, 0) is 11.5 Å². The summed E-state index contributed by atoms with van der Waals surface area (Å²) < 4.78 is 4.89. The van der Waals surface area contributed by atoms with Crippen LogP contribution < -0.4 is 5.32 Å². The summed E-state index contributed by atoms with van der Waals surface area (Å²) in [4.78, 5) is 16.6. The summed E-state index contributed by atoms with van der Waals surface area (Å²) in [5.74, 6) is 1.17. The lowest BCUT2D eigenvalue weighted by atomic mass is 10.1. The number of rotatable bonds is 4. The van der Waals surface area contributed by atoms with E-state index in [1.54, 1.807) is 11.8 Å². The van der Waals surface area contributed by atoms with Crippen LogP contribution in [0.15, 0.2) is 35.3 Å². The number of thioether (sulfide) groups is 1. The van der Waals surface area contributed by atoms with Gasteiger partial charge in [-0.25, -0.2) is 4.79 Å². The van der Waals surface area contributed by atoms with Gasteiger partial charge in [0.2, 0.25) is 0 Å². The Labute approximate surface area is 124 Å². The van der Waals surface area contributed by atoms with Gasteiger partial charge >= 0.3 is 5.97 Å². The van der Waals surface area contributed by atoms with E-state index >= 15 is 0 Å². The van der Waals surface area contributed by atoms with E-state index in [4.69, 9.17) is 4.74 Å². The molecule has 2 rings (SSSR count). The Balaban J connectivity index is 2.14.